The molecule has 0 saturated carbocycles. The van der Waals surface area contributed by atoms with E-state index in [-0.39, 0.29) is 18.0 Å². The fraction of sp³-hybridized carbons (Fsp3) is 0.269. The van der Waals surface area contributed by atoms with Crippen LogP contribution >= 0.6 is 0 Å². The topological polar surface area (TPSA) is 68.9 Å². The van der Waals surface area contributed by atoms with Crippen LogP contribution in [0.5, 0.6) is 11.5 Å². The van der Waals surface area contributed by atoms with E-state index in [9.17, 15) is 4.79 Å². The van der Waals surface area contributed by atoms with Gasteiger partial charge in [0.25, 0.3) is 0 Å². The number of aliphatic hydroxyl groups excluding tert-OH is 1. The SMILES string of the molecule is CC(C)c1cc(=O)c2c(OCCCO)cc(OCc3cccc4ccccc34)cc2o1. The molecule has 0 bridgehead atoms. The molecule has 4 aromatic rings. The quantitative estimate of drug-likeness (QED) is 0.388. The number of hydrogen-bond acceptors (Lipinski definition) is 5. The lowest BCUT2D eigenvalue weighted by Gasteiger charge is -2.14. The first-order valence-corrected chi connectivity index (χ1v) is 10.5. The highest BCUT2D eigenvalue weighted by molar-refractivity contribution is 5.86. The molecule has 1 heterocycles. The van der Waals surface area contributed by atoms with Gasteiger partial charge in [0.15, 0.2) is 5.43 Å². The van der Waals surface area contributed by atoms with Crippen molar-refractivity contribution in [2.75, 3.05) is 13.2 Å². The lowest BCUT2D eigenvalue weighted by Crippen LogP contribution is -2.08. The van der Waals surface area contributed by atoms with Gasteiger partial charge in [-0.1, -0.05) is 56.3 Å². The highest BCUT2D eigenvalue weighted by Gasteiger charge is 2.15. The van der Waals surface area contributed by atoms with Crippen molar-refractivity contribution in [2.24, 2.45) is 0 Å². The molecule has 5 heteroatoms. The lowest BCUT2D eigenvalue weighted by molar-refractivity contribution is 0.233. The van der Waals surface area contributed by atoms with Crippen molar-refractivity contribution in [1.29, 1.82) is 0 Å². The Hall–Kier alpha value is -3.31. The summed E-state index contributed by atoms with van der Waals surface area (Å²) in [5.74, 6) is 1.66. The predicted octanol–water partition coefficient (Wildman–Crippen LogP) is 5.41. The molecule has 0 spiro atoms. The fourth-order valence-corrected chi connectivity index (χ4v) is 3.55. The summed E-state index contributed by atoms with van der Waals surface area (Å²) < 4.78 is 17.9. The van der Waals surface area contributed by atoms with Gasteiger partial charge in [0.05, 0.1) is 6.61 Å². The zero-order chi connectivity index (χ0) is 21.8. The Balaban J connectivity index is 1.71. The van der Waals surface area contributed by atoms with Crippen molar-refractivity contribution in [3.05, 3.63) is 82.2 Å². The van der Waals surface area contributed by atoms with Crippen LogP contribution in [0.1, 0.15) is 37.5 Å². The molecule has 3 aromatic carbocycles. The molecular formula is C26H26O5. The van der Waals surface area contributed by atoms with Gasteiger partial charge < -0.3 is 19.0 Å². The average Bonchev–Trinajstić information content (AvgIpc) is 2.77. The van der Waals surface area contributed by atoms with E-state index in [1.807, 2.05) is 38.1 Å². The standard InChI is InChI=1S/C26H26O5/c1-17(2)23-15-22(28)26-24(29-12-6-11-27)13-20(14-25(26)31-23)30-16-19-9-5-8-18-7-3-4-10-21(18)19/h3-5,7-10,13-15,17,27H,6,11-12,16H2,1-2H3. The van der Waals surface area contributed by atoms with E-state index in [1.165, 1.54) is 6.07 Å². The summed E-state index contributed by atoms with van der Waals surface area (Å²) >= 11 is 0. The van der Waals surface area contributed by atoms with Gasteiger partial charge in [-0.3, -0.25) is 4.79 Å². The van der Waals surface area contributed by atoms with Gasteiger partial charge in [-0.2, -0.15) is 0 Å². The van der Waals surface area contributed by atoms with Crippen LogP contribution in [-0.4, -0.2) is 18.3 Å². The number of benzene rings is 3. The number of hydrogen-bond donors (Lipinski definition) is 1. The first-order chi connectivity index (χ1) is 15.1. The van der Waals surface area contributed by atoms with E-state index in [0.29, 0.717) is 47.9 Å². The monoisotopic (exact) mass is 418 g/mol. The number of rotatable bonds is 8. The van der Waals surface area contributed by atoms with Crippen LogP contribution in [0, 0.1) is 0 Å². The summed E-state index contributed by atoms with van der Waals surface area (Å²) in [5.41, 5.74) is 1.36. The second-order valence-electron chi connectivity index (χ2n) is 7.81. The molecule has 0 unspecified atom stereocenters. The molecule has 31 heavy (non-hydrogen) atoms. The Labute approximate surface area is 180 Å². The maximum absolute atomic E-state index is 12.8. The van der Waals surface area contributed by atoms with Crippen molar-refractivity contribution >= 4 is 21.7 Å². The zero-order valence-corrected chi connectivity index (χ0v) is 17.8. The van der Waals surface area contributed by atoms with Crippen LogP contribution in [-0.2, 0) is 6.61 Å². The zero-order valence-electron chi connectivity index (χ0n) is 17.8. The minimum atomic E-state index is -0.149. The third kappa shape index (κ3) is 4.57. The summed E-state index contributed by atoms with van der Waals surface area (Å²) in [7, 11) is 0. The molecule has 0 aliphatic rings. The fourth-order valence-electron chi connectivity index (χ4n) is 3.55. The molecule has 0 aliphatic carbocycles. The second-order valence-corrected chi connectivity index (χ2v) is 7.81. The lowest BCUT2D eigenvalue weighted by atomic mass is 10.1. The van der Waals surface area contributed by atoms with Gasteiger partial charge in [0, 0.05) is 37.1 Å². The van der Waals surface area contributed by atoms with Crippen molar-refractivity contribution in [3.63, 3.8) is 0 Å². The Morgan fingerprint density at radius 2 is 1.81 bits per heavy atom. The van der Waals surface area contributed by atoms with Crippen LogP contribution in [0.25, 0.3) is 21.7 Å². The van der Waals surface area contributed by atoms with E-state index in [0.717, 1.165) is 16.3 Å². The summed E-state index contributed by atoms with van der Waals surface area (Å²) in [6, 6.07) is 19.3. The normalized spacial score (nSPS) is 11.4. The molecule has 160 valence electrons. The van der Waals surface area contributed by atoms with E-state index in [2.05, 4.69) is 18.2 Å². The molecule has 0 saturated heterocycles. The highest BCUT2D eigenvalue weighted by Crippen LogP contribution is 2.32. The van der Waals surface area contributed by atoms with Gasteiger partial charge in [-0.25, -0.2) is 0 Å². The molecule has 5 nitrogen and oxygen atoms in total. The third-order valence-electron chi connectivity index (χ3n) is 5.19. The van der Waals surface area contributed by atoms with Gasteiger partial charge >= 0.3 is 0 Å². The van der Waals surface area contributed by atoms with Gasteiger partial charge in [-0.05, 0) is 16.3 Å². The molecule has 0 aliphatic heterocycles. The maximum atomic E-state index is 12.8. The van der Waals surface area contributed by atoms with Crippen LogP contribution < -0.4 is 14.9 Å². The maximum Gasteiger partial charge on any atom is 0.196 e. The van der Waals surface area contributed by atoms with Gasteiger partial charge in [0.2, 0.25) is 0 Å². The summed E-state index contributed by atoms with van der Waals surface area (Å²) in [6.45, 7) is 4.63. The van der Waals surface area contributed by atoms with E-state index in [4.69, 9.17) is 19.0 Å². The smallest absolute Gasteiger partial charge is 0.196 e. The Kier molecular flexibility index (Phi) is 6.23. The van der Waals surface area contributed by atoms with Crippen LogP contribution in [0.3, 0.4) is 0 Å². The second kappa shape index (κ2) is 9.23. The van der Waals surface area contributed by atoms with E-state index >= 15 is 0 Å². The van der Waals surface area contributed by atoms with Crippen molar-refractivity contribution in [3.8, 4) is 11.5 Å². The van der Waals surface area contributed by atoms with E-state index < -0.39 is 0 Å². The Morgan fingerprint density at radius 1 is 1.00 bits per heavy atom. The number of ether oxygens (including phenoxy) is 2. The van der Waals surface area contributed by atoms with E-state index in [1.54, 1.807) is 12.1 Å². The van der Waals surface area contributed by atoms with Crippen molar-refractivity contribution < 1.29 is 19.0 Å². The van der Waals surface area contributed by atoms with Crippen molar-refractivity contribution in [2.45, 2.75) is 32.8 Å². The molecule has 4 rings (SSSR count). The summed E-state index contributed by atoms with van der Waals surface area (Å²) in [4.78, 5) is 12.8. The number of fused-ring (bicyclic) bond motifs is 2. The average molecular weight is 418 g/mol. The minimum absolute atomic E-state index is 0.0152. The highest BCUT2D eigenvalue weighted by atomic mass is 16.5. The summed E-state index contributed by atoms with van der Waals surface area (Å²) in [6.07, 6.45) is 0.470. The molecule has 0 atom stereocenters. The van der Waals surface area contributed by atoms with Crippen LogP contribution in [0.4, 0.5) is 0 Å². The molecule has 0 radical (unpaired) electrons. The molecule has 1 N–H and O–H groups in total. The first-order valence-electron chi connectivity index (χ1n) is 10.5. The summed E-state index contributed by atoms with van der Waals surface area (Å²) in [5, 5.41) is 11.8. The Morgan fingerprint density at radius 3 is 2.61 bits per heavy atom. The Bertz CT molecular complexity index is 1250. The third-order valence-corrected chi connectivity index (χ3v) is 5.19. The van der Waals surface area contributed by atoms with Gasteiger partial charge in [0.1, 0.15) is 34.8 Å². The van der Waals surface area contributed by atoms with Crippen LogP contribution in [0.2, 0.25) is 0 Å². The van der Waals surface area contributed by atoms with Crippen molar-refractivity contribution in [1.82, 2.24) is 0 Å². The molecule has 0 amide bonds. The predicted molar refractivity (Wildman–Crippen MR) is 122 cm³/mol. The molecular weight excluding hydrogens is 392 g/mol. The molecule has 1 aromatic heterocycles. The first kappa shape index (κ1) is 20.9. The largest absolute Gasteiger partial charge is 0.492 e. The van der Waals surface area contributed by atoms with Crippen LogP contribution in [0.15, 0.2) is 69.9 Å². The minimum Gasteiger partial charge on any atom is -0.492 e. The number of aliphatic hydroxyl groups is 1. The van der Waals surface area contributed by atoms with Gasteiger partial charge in [-0.15, -0.1) is 0 Å². The molecule has 0 fully saturated rings.